The monoisotopic (exact) mass is 520 g/mol. The third-order valence-corrected chi connectivity index (χ3v) is 8.00. The zero-order chi connectivity index (χ0) is 27.8. The van der Waals surface area contributed by atoms with E-state index in [1.807, 2.05) is 34.9 Å². The van der Waals surface area contributed by atoms with Gasteiger partial charge in [0.2, 0.25) is 0 Å². The van der Waals surface area contributed by atoms with Crippen molar-refractivity contribution in [3.63, 3.8) is 0 Å². The van der Waals surface area contributed by atoms with E-state index in [1.165, 1.54) is 0 Å². The Morgan fingerprint density at radius 3 is 1.98 bits per heavy atom. The van der Waals surface area contributed by atoms with E-state index in [0.29, 0.717) is 44.1 Å². The van der Waals surface area contributed by atoms with E-state index >= 15 is 0 Å². The van der Waals surface area contributed by atoms with Crippen LogP contribution in [0.15, 0.2) is 79.3 Å². The number of fused-ring (bicyclic) bond motifs is 8. The highest BCUT2D eigenvalue weighted by Crippen LogP contribution is 2.38. The maximum atomic E-state index is 10.3. The first-order valence-corrected chi connectivity index (χ1v) is 12.8. The minimum absolute atomic E-state index is 0.319. The van der Waals surface area contributed by atoms with E-state index in [9.17, 15) is 21.0 Å². The van der Waals surface area contributed by atoms with Gasteiger partial charge in [-0.2, -0.15) is 21.0 Å². The molecule has 4 heterocycles. The van der Waals surface area contributed by atoms with Gasteiger partial charge in [-0.1, -0.05) is 36.4 Å². The predicted octanol–water partition coefficient (Wildman–Crippen LogP) is 4.14. The van der Waals surface area contributed by atoms with Crippen molar-refractivity contribution in [1.82, 2.24) is 19.0 Å². The third-order valence-electron chi connectivity index (χ3n) is 8.00. The van der Waals surface area contributed by atoms with Gasteiger partial charge in [0.1, 0.15) is 18.5 Å². The average Bonchev–Trinajstić information content (AvgIpc) is 3.54. The van der Waals surface area contributed by atoms with Crippen LogP contribution >= 0.6 is 0 Å². The number of nitrogens with zero attached hydrogens (tertiary/aromatic N) is 8. The Bertz CT molecular complexity index is 2400. The quantitative estimate of drug-likeness (QED) is 0.299. The second kappa shape index (κ2) is 8.04. The first-order valence-electron chi connectivity index (χ1n) is 12.8. The van der Waals surface area contributed by atoms with E-state index in [0.717, 1.165) is 38.5 Å². The number of hydrogen-bond donors (Lipinski definition) is 0. The molecule has 3 aromatic heterocycles. The molecule has 1 aliphatic rings. The molecule has 0 saturated heterocycles. The van der Waals surface area contributed by atoms with Crippen LogP contribution in [0.1, 0.15) is 22.3 Å². The van der Waals surface area contributed by atoms with Crippen molar-refractivity contribution in [2.45, 2.75) is 0 Å². The second-order valence-electron chi connectivity index (χ2n) is 9.95. The Kier molecular flexibility index (Phi) is 4.43. The molecule has 7 aromatic rings. The summed E-state index contributed by atoms with van der Waals surface area (Å²) in [6, 6.07) is 29.7. The summed E-state index contributed by atoms with van der Waals surface area (Å²) in [6.45, 7) is -0.431. The van der Waals surface area contributed by atoms with Crippen LogP contribution in [-0.2, 0) is 0 Å². The van der Waals surface area contributed by atoms with E-state index < -0.39 is 6.85 Å². The molecule has 0 atom stereocenters. The van der Waals surface area contributed by atoms with Gasteiger partial charge in [0, 0.05) is 21.8 Å². The summed E-state index contributed by atoms with van der Waals surface area (Å²) >= 11 is 0. The van der Waals surface area contributed by atoms with Gasteiger partial charge in [-0.15, -0.1) is 0 Å². The van der Waals surface area contributed by atoms with E-state index in [-0.39, 0.29) is 0 Å². The molecule has 0 fully saturated rings. The fraction of sp³-hybridized carbons (Fsp3) is 0. The average molecular weight is 520 g/mol. The fourth-order valence-corrected chi connectivity index (χ4v) is 6.52. The van der Waals surface area contributed by atoms with E-state index in [1.54, 1.807) is 30.6 Å². The van der Waals surface area contributed by atoms with Crippen molar-refractivity contribution in [2.24, 2.45) is 0 Å². The van der Waals surface area contributed by atoms with Crippen molar-refractivity contribution in [3.8, 4) is 30.0 Å². The van der Waals surface area contributed by atoms with Crippen molar-refractivity contribution in [2.75, 3.05) is 0 Å². The molecule has 0 spiro atoms. The number of hydrogen-bond acceptors (Lipinski definition) is 6. The summed E-state index contributed by atoms with van der Waals surface area (Å²) in [6.07, 6.45) is 3.36. The van der Waals surface area contributed by atoms with Gasteiger partial charge >= 0.3 is 6.85 Å². The van der Waals surface area contributed by atoms with Gasteiger partial charge in [0.25, 0.3) is 0 Å². The van der Waals surface area contributed by atoms with E-state index in [2.05, 4.69) is 57.0 Å². The Labute approximate surface area is 232 Å². The molecule has 1 aliphatic heterocycles. The Hall–Kier alpha value is -6.42. The van der Waals surface area contributed by atoms with Crippen LogP contribution < -0.4 is 10.9 Å². The molecule has 0 N–H and O–H groups in total. The molecule has 4 aromatic carbocycles. The fourth-order valence-electron chi connectivity index (χ4n) is 6.52. The topological polar surface area (TPSA) is 131 Å². The van der Waals surface area contributed by atoms with Gasteiger partial charge in [-0.3, -0.25) is 0 Å². The molecule has 41 heavy (non-hydrogen) atoms. The minimum Gasteiger partial charge on any atom is -0.374 e. The van der Waals surface area contributed by atoms with Crippen LogP contribution in [0.4, 0.5) is 0 Å². The zero-order valence-electron chi connectivity index (χ0n) is 21.2. The van der Waals surface area contributed by atoms with Crippen molar-refractivity contribution in [1.29, 1.82) is 21.0 Å². The molecule has 0 bridgehead atoms. The first-order chi connectivity index (χ1) is 20.2. The lowest BCUT2D eigenvalue weighted by atomic mass is 9.48. The summed E-state index contributed by atoms with van der Waals surface area (Å²) in [5.74, 6) is 0. The SMILES string of the molecule is N#Cc1cc(C#N)c2c(c1)c1cc(C#N)cc(C#N)c1n2B1c2ccccc2-n2c3cncnc3c3cccc1c32. The molecular weight excluding hydrogens is 507 g/mol. The van der Waals surface area contributed by atoms with Crippen LogP contribution in [0.25, 0.3) is 49.4 Å². The highest BCUT2D eigenvalue weighted by atomic mass is 15.0. The maximum Gasteiger partial charge on any atom is 0.332 e. The van der Waals surface area contributed by atoms with Gasteiger partial charge in [-0.25, -0.2) is 9.97 Å². The van der Waals surface area contributed by atoms with Crippen LogP contribution in [0, 0.1) is 45.3 Å². The smallest absolute Gasteiger partial charge is 0.332 e. The Balaban J connectivity index is 1.65. The predicted molar refractivity (Wildman–Crippen MR) is 155 cm³/mol. The normalized spacial score (nSPS) is 11.8. The highest BCUT2D eigenvalue weighted by molar-refractivity contribution is 6.88. The lowest BCUT2D eigenvalue weighted by Gasteiger charge is -2.28. The lowest BCUT2D eigenvalue weighted by Crippen LogP contribution is -2.53. The maximum absolute atomic E-state index is 10.3. The number of para-hydroxylation sites is 2. The van der Waals surface area contributed by atoms with Crippen molar-refractivity contribution >= 4 is 61.5 Å². The molecule has 0 saturated carbocycles. The Morgan fingerprint density at radius 1 is 0.659 bits per heavy atom. The van der Waals surface area contributed by atoms with Crippen LogP contribution in [0.2, 0.25) is 0 Å². The molecule has 8 rings (SSSR count). The summed E-state index contributed by atoms with van der Waals surface area (Å²) < 4.78 is 4.22. The van der Waals surface area contributed by atoms with Crippen molar-refractivity contribution < 1.29 is 0 Å². The van der Waals surface area contributed by atoms with Gasteiger partial charge in [0.05, 0.1) is 68.2 Å². The van der Waals surface area contributed by atoms with Gasteiger partial charge in [-0.05, 0) is 41.3 Å². The van der Waals surface area contributed by atoms with Crippen LogP contribution in [0.3, 0.4) is 0 Å². The summed E-state index contributed by atoms with van der Waals surface area (Å²) in [7, 11) is 0. The first kappa shape index (κ1) is 22.6. The highest BCUT2D eigenvalue weighted by Gasteiger charge is 2.37. The molecule has 0 amide bonds. The van der Waals surface area contributed by atoms with Gasteiger partial charge in [0.15, 0.2) is 0 Å². The minimum atomic E-state index is -0.431. The molecule has 0 aliphatic carbocycles. The molecule has 9 heteroatoms. The summed E-state index contributed by atoms with van der Waals surface area (Å²) in [5, 5.41) is 42.4. The van der Waals surface area contributed by atoms with Crippen LogP contribution in [-0.4, -0.2) is 25.9 Å². The van der Waals surface area contributed by atoms with E-state index in [4.69, 9.17) is 0 Å². The van der Waals surface area contributed by atoms with Crippen LogP contribution in [0.5, 0.6) is 0 Å². The number of rotatable bonds is 1. The summed E-state index contributed by atoms with van der Waals surface area (Å²) in [4.78, 5) is 8.92. The number of benzene rings is 4. The van der Waals surface area contributed by atoms with Gasteiger partial charge < -0.3 is 9.05 Å². The zero-order valence-corrected chi connectivity index (χ0v) is 21.2. The third kappa shape index (κ3) is 2.79. The standard InChI is InChI=1S/C32H13BN8/c34-12-18-8-20(14-36)30-23(10-18)24-11-19(13-35)9-21(15-37)31(24)41(30)33-25-5-1-2-7-27(25)40-28-16-38-17-39-29(28)22-4-3-6-26(33)32(22)40/h1-11,16-17H. The molecular formula is C32H13BN8. The number of aromatic nitrogens is 4. The molecule has 0 radical (unpaired) electrons. The summed E-state index contributed by atoms with van der Waals surface area (Å²) in [5.41, 5.74) is 8.09. The molecule has 184 valence electrons. The van der Waals surface area contributed by atoms with Crippen molar-refractivity contribution in [3.05, 3.63) is 102 Å². The molecule has 8 nitrogen and oxygen atoms in total. The Morgan fingerprint density at radius 2 is 1.32 bits per heavy atom. The lowest BCUT2D eigenvalue weighted by molar-refractivity contribution is 1.14. The number of nitriles is 4. The molecule has 0 unspecified atom stereocenters. The second-order valence-corrected chi connectivity index (χ2v) is 9.95. The largest absolute Gasteiger partial charge is 0.374 e.